The van der Waals surface area contributed by atoms with Crippen LogP contribution in [-0.2, 0) is 0 Å². The lowest BCUT2D eigenvalue weighted by molar-refractivity contribution is 0.413. The van der Waals surface area contributed by atoms with Crippen LogP contribution in [0.1, 0.15) is 10.8 Å². The molecule has 2 atom stereocenters. The van der Waals surface area contributed by atoms with Gasteiger partial charge in [0.25, 0.3) is 0 Å². The van der Waals surface area contributed by atoms with Crippen LogP contribution in [0.4, 0.5) is 0 Å². The average molecular weight is 209 g/mol. The molecule has 1 aromatic carbocycles. The number of hydrogen-bond donors (Lipinski definition) is 1. The van der Waals surface area contributed by atoms with Gasteiger partial charge in [0.15, 0.2) is 0 Å². The van der Waals surface area contributed by atoms with Crippen molar-refractivity contribution in [3.05, 3.63) is 29.8 Å². The van der Waals surface area contributed by atoms with Crippen molar-refractivity contribution >= 4 is 11.8 Å². The molecule has 3 heteroatoms. The highest BCUT2D eigenvalue weighted by Gasteiger charge is 2.31. The van der Waals surface area contributed by atoms with Crippen molar-refractivity contribution in [2.75, 3.05) is 19.9 Å². The van der Waals surface area contributed by atoms with Crippen LogP contribution >= 0.6 is 11.8 Å². The fraction of sp³-hybridized carbons (Fsp3) is 0.455. The quantitative estimate of drug-likeness (QED) is 0.823. The van der Waals surface area contributed by atoms with E-state index in [0.29, 0.717) is 11.3 Å². The molecule has 0 bridgehead atoms. The van der Waals surface area contributed by atoms with E-state index in [9.17, 15) is 0 Å². The lowest BCUT2D eigenvalue weighted by Gasteiger charge is -2.36. The van der Waals surface area contributed by atoms with E-state index in [-0.39, 0.29) is 0 Å². The Balaban J connectivity index is 2.15. The minimum Gasteiger partial charge on any atom is -0.497 e. The molecule has 0 aromatic heterocycles. The second kappa shape index (κ2) is 4.24. The molecular weight excluding hydrogens is 194 g/mol. The highest BCUT2D eigenvalue weighted by molar-refractivity contribution is 8.01. The molecule has 0 spiro atoms. The van der Waals surface area contributed by atoms with E-state index in [1.54, 1.807) is 7.11 Å². The number of methoxy groups -OCH3 is 1. The van der Waals surface area contributed by atoms with Crippen molar-refractivity contribution in [1.82, 2.24) is 5.32 Å². The van der Waals surface area contributed by atoms with E-state index in [0.717, 1.165) is 5.75 Å². The zero-order valence-corrected chi connectivity index (χ0v) is 9.30. The van der Waals surface area contributed by atoms with E-state index in [1.165, 1.54) is 11.3 Å². The molecule has 1 aromatic rings. The summed E-state index contributed by atoms with van der Waals surface area (Å²) in [7, 11) is 3.74. The van der Waals surface area contributed by atoms with Crippen LogP contribution in [0.5, 0.6) is 5.75 Å². The van der Waals surface area contributed by atoms with Crippen molar-refractivity contribution in [1.29, 1.82) is 0 Å². The first-order valence-electron chi connectivity index (χ1n) is 4.78. The monoisotopic (exact) mass is 209 g/mol. The van der Waals surface area contributed by atoms with Crippen LogP contribution in [0, 0.1) is 0 Å². The zero-order chi connectivity index (χ0) is 9.97. The van der Waals surface area contributed by atoms with Gasteiger partial charge in [-0.25, -0.2) is 0 Å². The highest BCUT2D eigenvalue weighted by Crippen LogP contribution is 2.43. The van der Waals surface area contributed by atoms with Gasteiger partial charge >= 0.3 is 0 Å². The number of rotatable bonds is 3. The first-order valence-corrected chi connectivity index (χ1v) is 5.83. The number of thioether (sulfide) groups is 1. The molecule has 1 heterocycles. The SMILES string of the molecule is CNC1CSC1c1cccc(OC)c1. The maximum absolute atomic E-state index is 5.21. The molecule has 0 aliphatic carbocycles. The largest absolute Gasteiger partial charge is 0.497 e. The fourth-order valence-corrected chi connectivity index (χ4v) is 2.89. The molecule has 1 aliphatic rings. The normalized spacial score (nSPS) is 25.6. The van der Waals surface area contributed by atoms with Gasteiger partial charge in [0.1, 0.15) is 5.75 Å². The van der Waals surface area contributed by atoms with Crippen LogP contribution in [-0.4, -0.2) is 26.0 Å². The Morgan fingerprint density at radius 2 is 2.36 bits per heavy atom. The highest BCUT2D eigenvalue weighted by atomic mass is 32.2. The summed E-state index contributed by atoms with van der Waals surface area (Å²) in [6.07, 6.45) is 0. The molecule has 14 heavy (non-hydrogen) atoms. The third-order valence-electron chi connectivity index (χ3n) is 2.61. The predicted molar refractivity (Wildman–Crippen MR) is 61.0 cm³/mol. The van der Waals surface area contributed by atoms with Crippen LogP contribution in [0.25, 0.3) is 0 Å². The maximum atomic E-state index is 5.21. The van der Waals surface area contributed by atoms with Crippen LogP contribution < -0.4 is 10.1 Å². The summed E-state index contributed by atoms with van der Waals surface area (Å²) in [6.45, 7) is 0. The summed E-state index contributed by atoms with van der Waals surface area (Å²) in [5.74, 6) is 2.16. The number of likely N-dealkylation sites (N-methyl/N-ethyl adjacent to an activating group) is 1. The second-order valence-electron chi connectivity index (χ2n) is 3.43. The molecule has 0 amide bonds. The molecule has 2 rings (SSSR count). The van der Waals surface area contributed by atoms with Gasteiger partial charge in [0.05, 0.1) is 7.11 Å². The second-order valence-corrected chi connectivity index (χ2v) is 4.60. The summed E-state index contributed by atoms with van der Waals surface area (Å²) in [6, 6.07) is 8.96. The lowest BCUT2D eigenvalue weighted by Crippen LogP contribution is -2.40. The molecule has 1 aliphatic heterocycles. The Morgan fingerprint density at radius 1 is 1.50 bits per heavy atom. The predicted octanol–water partition coefficient (Wildman–Crippen LogP) is 2.07. The van der Waals surface area contributed by atoms with Gasteiger partial charge in [-0.1, -0.05) is 12.1 Å². The van der Waals surface area contributed by atoms with E-state index in [1.807, 2.05) is 24.9 Å². The van der Waals surface area contributed by atoms with Gasteiger partial charge < -0.3 is 10.1 Å². The summed E-state index contributed by atoms with van der Waals surface area (Å²) in [5, 5.41) is 3.92. The minimum absolute atomic E-state index is 0.593. The van der Waals surface area contributed by atoms with Gasteiger partial charge in [-0.3, -0.25) is 0 Å². The van der Waals surface area contributed by atoms with Crippen molar-refractivity contribution < 1.29 is 4.74 Å². The molecule has 1 N–H and O–H groups in total. The summed E-state index contributed by atoms with van der Waals surface area (Å²) in [5.41, 5.74) is 1.36. The van der Waals surface area contributed by atoms with E-state index in [4.69, 9.17) is 4.74 Å². The van der Waals surface area contributed by atoms with Crippen molar-refractivity contribution in [3.63, 3.8) is 0 Å². The lowest BCUT2D eigenvalue weighted by atomic mass is 10.1. The Bertz CT molecular complexity index is 314. The minimum atomic E-state index is 0.593. The van der Waals surface area contributed by atoms with Crippen LogP contribution in [0.2, 0.25) is 0 Å². The standard InChI is InChI=1S/C11H15NOS/c1-12-10-7-14-11(10)8-4-3-5-9(6-8)13-2/h3-6,10-12H,7H2,1-2H3. The number of hydrogen-bond acceptors (Lipinski definition) is 3. The molecule has 2 nitrogen and oxygen atoms in total. The van der Waals surface area contributed by atoms with Gasteiger partial charge in [-0.2, -0.15) is 11.8 Å². The molecular formula is C11H15NOS. The Kier molecular flexibility index (Phi) is 2.99. The van der Waals surface area contributed by atoms with Crippen molar-refractivity contribution in [2.24, 2.45) is 0 Å². The number of nitrogens with one attached hydrogen (secondary N) is 1. The Labute approximate surface area is 89.0 Å². The van der Waals surface area contributed by atoms with Crippen molar-refractivity contribution in [3.8, 4) is 5.75 Å². The van der Waals surface area contributed by atoms with Gasteiger partial charge in [-0.05, 0) is 24.7 Å². The molecule has 76 valence electrons. The summed E-state index contributed by atoms with van der Waals surface area (Å²) < 4.78 is 5.21. The summed E-state index contributed by atoms with van der Waals surface area (Å²) >= 11 is 1.99. The maximum Gasteiger partial charge on any atom is 0.119 e. The van der Waals surface area contributed by atoms with Gasteiger partial charge in [0, 0.05) is 17.0 Å². The van der Waals surface area contributed by atoms with Crippen LogP contribution in [0.15, 0.2) is 24.3 Å². The molecule has 1 fully saturated rings. The van der Waals surface area contributed by atoms with Crippen molar-refractivity contribution in [2.45, 2.75) is 11.3 Å². The van der Waals surface area contributed by atoms with Gasteiger partial charge in [0.2, 0.25) is 0 Å². The topological polar surface area (TPSA) is 21.3 Å². The number of ether oxygens (including phenoxy) is 1. The smallest absolute Gasteiger partial charge is 0.119 e. The molecule has 2 unspecified atom stereocenters. The van der Waals surface area contributed by atoms with E-state index >= 15 is 0 Å². The first-order chi connectivity index (χ1) is 6.85. The third kappa shape index (κ3) is 1.74. The number of benzene rings is 1. The van der Waals surface area contributed by atoms with E-state index in [2.05, 4.69) is 23.5 Å². The zero-order valence-electron chi connectivity index (χ0n) is 8.49. The average Bonchev–Trinajstić information content (AvgIpc) is 2.17. The molecule has 1 saturated heterocycles. The first kappa shape index (κ1) is 9.87. The van der Waals surface area contributed by atoms with E-state index < -0.39 is 0 Å². The fourth-order valence-electron chi connectivity index (χ4n) is 1.67. The summed E-state index contributed by atoms with van der Waals surface area (Å²) in [4.78, 5) is 0. The van der Waals surface area contributed by atoms with Gasteiger partial charge in [-0.15, -0.1) is 0 Å². The molecule has 0 saturated carbocycles. The van der Waals surface area contributed by atoms with Crippen LogP contribution in [0.3, 0.4) is 0 Å². The Morgan fingerprint density at radius 3 is 2.93 bits per heavy atom. The Hall–Kier alpha value is -0.670. The third-order valence-corrected chi connectivity index (χ3v) is 4.13. The molecule has 0 radical (unpaired) electrons.